The molecule has 4 N–H and O–H groups in total. The lowest BCUT2D eigenvalue weighted by Gasteiger charge is -2.29. The molecule has 14 heteroatoms. The van der Waals surface area contributed by atoms with Crippen molar-refractivity contribution in [2.24, 2.45) is 5.73 Å². The van der Waals surface area contributed by atoms with E-state index < -0.39 is 41.4 Å². The van der Waals surface area contributed by atoms with Crippen molar-refractivity contribution in [3.8, 4) is 0 Å². The van der Waals surface area contributed by atoms with Gasteiger partial charge < -0.3 is 20.7 Å². The highest BCUT2D eigenvalue weighted by atomic mass is 35.5. The van der Waals surface area contributed by atoms with Crippen molar-refractivity contribution in [2.75, 3.05) is 6.54 Å². The number of nitrogens with zero attached hydrogens (tertiary/aromatic N) is 4. The number of carbonyl (C=O) groups is 1. The first-order valence-corrected chi connectivity index (χ1v) is 8.22. The summed E-state index contributed by atoms with van der Waals surface area (Å²) in [5, 5.41) is 6.60. The van der Waals surface area contributed by atoms with Crippen molar-refractivity contribution in [3.05, 3.63) is 46.8 Å². The molecule has 7 nitrogen and oxygen atoms in total. The molecule has 1 amide bonds. The van der Waals surface area contributed by atoms with Gasteiger partial charge in [-0.05, 0) is 18.1 Å². The average Bonchev–Trinajstić information content (AvgIpc) is 3.03. The van der Waals surface area contributed by atoms with Gasteiger partial charge in [-0.25, -0.2) is 13.2 Å². The summed E-state index contributed by atoms with van der Waals surface area (Å²) in [6, 6.07) is 0.184. The lowest BCUT2D eigenvalue weighted by Crippen LogP contribution is -2.42. The molecule has 0 fully saturated rings. The van der Waals surface area contributed by atoms with E-state index in [1.165, 1.54) is 4.90 Å². The van der Waals surface area contributed by atoms with Crippen LogP contribution in [0, 0.1) is 17.5 Å². The number of aromatic nitrogens is 3. The molecule has 30 heavy (non-hydrogen) atoms. The first-order valence-electron chi connectivity index (χ1n) is 8.22. The molecule has 1 atom stereocenters. The van der Waals surface area contributed by atoms with Crippen LogP contribution < -0.4 is 5.73 Å². The van der Waals surface area contributed by atoms with Crippen molar-refractivity contribution < 1.29 is 36.6 Å². The normalized spacial score (nSPS) is 14.4. The minimum atomic E-state index is -4.64. The van der Waals surface area contributed by atoms with E-state index in [0.717, 1.165) is 4.57 Å². The lowest BCUT2D eigenvalue weighted by molar-refractivity contribution is -0.148. The second-order valence-electron chi connectivity index (χ2n) is 6.43. The Morgan fingerprint density at radius 2 is 1.73 bits per heavy atom. The molecule has 1 aliphatic heterocycles. The van der Waals surface area contributed by atoms with E-state index in [1.807, 2.05) is 0 Å². The smallest absolute Gasteiger partial charge is 0.412 e. The van der Waals surface area contributed by atoms with Crippen molar-refractivity contribution in [1.82, 2.24) is 19.7 Å². The molecule has 2 heterocycles. The zero-order chi connectivity index (χ0) is 20.6. The number of benzene rings is 1. The number of hydrogen-bond acceptors (Lipinski definition) is 4. The van der Waals surface area contributed by atoms with Crippen LogP contribution in [0.25, 0.3) is 0 Å². The van der Waals surface area contributed by atoms with E-state index >= 15 is 0 Å². The maximum atomic E-state index is 13.7. The summed E-state index contributed by atoms with van der Waals surface area (Å²) in [5.41, 5.74) is 5.64. The van der Waals surface area contributed by atoms with Gasteiger partial charge in [-0.3, -0.25) is 4.79 Å². The van der Waals surface area contributed by atoms with E-state index in [1.54, 1.807) is 0 Å². The highest BCUT2D eigenvalue weighted by Crippen LogP contribution is 2.29. The van der Waals surface area contributed by atoms with Crippen molar-refractivity contribution >= 4 is 18.3 Å². The van der Waals surface area contributed by atoms with Crippen LogP contribution >= 0.6 is 12.4 Å². The number of nitrogens with two attached hydrogens (primary N) is 1. The van der Waals surface area contributed by atoms with Gasteiger partial charge in [0, 0.05) is 31.6 Å². The van der Waals surface area contributed by atoms with E-state index in [4.69, 9.17) is 5.73 Å². The molecule has 0 spiro atoms. The van der Waals surface area contributed by atoms with E-state index in [2.05, 4.69) is 10.2 Å². The first kappa shape index (κ1) is 25.7. The van der Waals surface area contributed by atoms with Gasteiger partial charge in [0.05, 0.1) is 6.54 Å². The van der Waals surface area contributed by atoms with Crippen LogP contribution in [0.3, 0.4) is 0 Å². The SMILES string of the molecule is Cl.N[C@@H](CC(=O)N1CCn2c(nnc2C(F)(F)F)C1)Cc1cc(F)c(F)cc1F.O. The molecule has 0 radical (unpaired) electrons. The van der Waals surface area contributed by atoms with Crippen LogP contribution in [0.5, 0.6) is 0 Å². The second-order valence-corrected chi connectivity index (χ2v) is 6.43. The van der Waals surface area contributed by atoms with Crippen LogP contribution in [-0.2, 0) is 30.5 Å². The Balaban J connectivity index is 0.00000225. The molecule has 1 aliphatic rings. The Hall–Kier alpha value is -2.38. The Kier molecular flexibility index (Phi) is 8.23. The van der Waals surface area contributed by atoms with Gasteiger partial charge in [0.25, 0.3) is 0 Å². The van der Waals surface area contributed by atoms with Crippen LogP contribution in [0.2, 0.25) is 0 Å². The standard InChI is InChI=1S/C16H15F6N5O.ClH.H2O/c17-10-6-12(19)11(18)4-8(10)3-9(23)5-14(28)26-1-2-27-13(7-26)24-25-15(27)16(20,21)22;;/h4,6,9H,1-3,5,7,23H2;1H;1H2/t9-;;/m1../s1. The van der Waals surface area contributed by atoms with Gasteiger partial charge in [0.2, 0.25) is 11.7 Å². The summed E-state index contributed by atoms with van der Waals surface area (Å²) in [4.78, 5) is 13.6. The van der Waals surface area contributed by atoms with Crippen LogP contribution in [0.15, 0.2) is 12.1 Å². The maximum Gasteiger partial charge on any atom is 0.451 e. The fraction of sp³-hybridized carbons (Fsp3) is 0.438. The average molecular weight is 462 g/mol. The number of alkyl halides is 3. The van der Waals surface area contributed by atoms with Gasteiger partial charge >= 0.3 is 6.18 Å². The third-order valence-electron chi connectivity index (χ3n) is 4.37. The molecule has 3 rings (SSSR count). The zero-order valence-electron chi connectivity index (χ0n) is 15.2. The topological polar surface area (TPSA) is 109 Å². The van der Waals surface area contributed by atoms with E-state index in [0.29, 0.717) is 12.1 Å². The third-order valence-corrected chi connectivity index (χ3v) is 4.37. The molecule has 1 aromatic carbocycles. The van der Waals surface area contributed by atoms with Crippen molar-refractivity contribution in [2.45, 2.75) is 38.1 Å². The summed E-state index contributed by atoms with van der Waals surface area (Å²) in [6.45, 7) is -0.302. The molecule has 0 unspecified atom stereocenters. The minimum absolute atomic E-state index is 0. The minimum Gasteiger partial charge on any atom is -0.412 e. The van der Waals surface area contributed by atoms with Gasteiger partial charge in [0.15, 0.2) is 17.5 Å². The molecule has 0 saturated heterocycles. The first-order chi connectivity index (χ1) is 13.1. The summed E-state index contributed by atoms with van der Waals surface area (Å²) < 4.78 is 79.3. The molecular formula is C16H18ClF6N5O2. The fourth-order valence-corrected chi connectivity index (χ4v) is 3.01. The van der Waals surface area contributed by atoms with Gasteiger partial charge in [-0.2, -0.15) is 13.2 Å². The summed E-state index contributed by atoms with van der Waals surface area (Å²) >= 11 is 0. The fourth-order valence-electron chi connectivity index (χ4n) is 3.01. The van der Waals surface area contributed by atoms with Crippen LogP contribution in [0.1, 0.15) is 23.6 Å². The van der Waals surface area contributed by atoms with Gasteiger partial charge in [-0.1, -0.05) is 0 Å². The van der Waals surface area contributed by atoms with E-state index in [-0.39, 0.29) is 61.7 Å². The molecule has 0 aliphatic carbocycles. The molecule has 168 valence electrons. The predicted octanol–water partition coefficient (Wildman–Crippen LogP) is 1.61. The highest BCUT2D eigenvalue weighted by molar-refractivity contribution is 5.85. The van der Waals surface area contributed by atoms with Crippen molar-refractivity contribution in [1.29, 1.82) is 0 Å². The maximum absolute atomic E-state index is 13.7. The number of fused-ring (bicyclic) bond motifs is 1. The Bertz CT molecular complexity index is 907. The number of amides is 1. The summed E-state index contributed by atoms with van der Waals surface area (Å²) in [7, 11) is 0. The molecule has 2 aromatic rings. The quantitative estimate of drug-likeness (QED) is 0.551. The predicted molar refractivity (Wildman–Crippen MR) is 93.9 cm³/mol. The lowest BCUT2D eigenvalue weighted by atomic mass is 10.0. The number of hydrogen-bond donors (Lipinski definition) is 1. The van der Waals surface area contributed by atoms with Crippen LogP contribution in [-0.4, -0.2) is 43.6 Å². The summed E-state index contributed by atoms with van der Waals surface area (Å²) in [6.07, 6.45) is -5.11. The third kappa shape index (κ3) is 5.40. The molecule has 0 saturated carbocycles. The Morgan fingerprint density at radius 1 is 1.10 bits per heavy atom. The monoisotopic (exact) mass is 461 g/mol. The summed E-state index contributed by atoms with van der Waals surface area (Å²) in [5.74, 6) is -5.15. The number of halogens is 7. The molecule has 1 aromatic heterocycles. The largest absolute Gasteiger partial charge is 0.451 e. The van der Waals surface area contributed by atoms with Gasteiger partial charge in [0.1, 0.15) is 5.82 Å². The van der Waals surface area contributed by atoms with Crippen molar-refractivity contribution in [3.63, 3.8) is 0 Å². The Morgan fingerprint density at radius 3 is 2.37 bits per heavy atom. The number of rotatable bonds is 4. The highest BCUT2D eigenvalue weighted by Gasteiger charge is 2.39. The molecular weight excluding hydrogens is 444 g/mol. The zero-order valence-corrected chi connectivity index (χ0v) is 16.0. The Labute approximate surface area is 172 Å². The van der Waals surface area contributed by atoms with E-state index in [9.17, 15) is 31.1 Å². The van der Waals surface area contributed by atoms with Gasteiger partial charge in [-0.15, -0.1) is 22.6 Å². The van der Waals surface area contributed by atoms with Crippen LogP contribution in [0.4, 0.5) is 26.3 Å². The molecule has 0 bridgehead atoms. The number of carbonyl (C=O) groups excluding carboxylic acids is 1. The second kappa shape index (κ2) is 9.62.